The molecule has 0 aromatic heterocycles. The summed E-state index contributed by atoms with van der Waals surface area (Å²) in [5.74, 6) is 0. The summed E-state index contributed by atoms with van der Waals surface area (Å²) in [6, 6.07) is 0. The molecule has 0 aliphatic heterocycles. The highest BCUT2D eigenvalue weighted by Gasteiger charge is 2.15. The topological polar surface area (TPSA) is 118 Å². The minimum absolute atomic E-state index is 0.149. The van der Waals surface area contributed by atoms with Gasteiger partial charge in [0, 0.05) is 12.8 Å². The zero-order chi connectivity index (χ0) is 14.3. The molecule has 0 rings (SSSR count). The molecule has 2 unspecified atom stereocenters. The first-order valence-electron chi connectivity index (χ1n) is 5.15. The van der Waals surface area contributed by atoms with Gasteiger partial charge in [0.15, 0.2) is 0 Å². The summed E-state index contributed by atoms with van der Waals surface area (Å²) in [6.45, 7) is 0.298. The van der Waals surface area contributed by atoms with Crippen LogP contribution in [0.4, 0.5) is 0 Å². The Morgan fingerprint density at radius 3 is 1.47 bits per heavy atom. The van der Waals surface area contributed by atoms with Gasteiger partial charge in [-0.1, -0.05) is 0 Å². The molecule has 100 valence electrons. The Morgan fingerprint density at radius 2 is 1.16 bits per heavy atom. The standard InChI is InChI=1S/C10H10N4O4S/c15-5-11-3-1-9(13-7-17)19-10(14-8-18)2-4-12-6-16/h9-10H,1-4H2. The number of hydrogen-bond donors (Lipinski definition) is 0. The van der Waals surface area contributed by atoms with Gasteiger partial charge in [-0.3, -0.25) is 0 Å². The Bertz CT molecular complexity index is 416. The van der Waals surface area contributed by atoms with Gasteiger partial charge in [0.05, 0.1) is 13.1 Å². The lowest BCUT2D eigenvalue weighted by molar-refractivity contribution is 0.559. The fourth-order valence-corrected chi connectivity index (χ4v) is 2.12. The Labute approximate surface area is 112 Å². The van der Waals surface area contributed by atoms with Crippen molar-refractivity contribution in [1.29, 1.82) is 0 Å². The monoisotopic (exact) mass is 282 g/mol. The maximum Gasteiger partial charge on any atom is 0.236 e. The van der Waals surface area contributed by atoms with E-state index in [9.17, 15) is 19.2 Å². The fourth-order valence-electron chi connectivity index (χ4n) is 1.07. The van der Waals surface area contributed by atoms with Crippen molar-refractivity contribution in [2.24, 2.45) is 20.0 Å². The molecule has 0 heterocycles. The summed E-state index contributed by atoms with van der Waals surface area (Å²) in [5.41, 5.74) is 0. The zero-order valence-corrected chi connectivity index (χ0v) is 10.6. The molecule has 0 saturated carbocycles. The summed E-state index contributed by atoms with van der Waals surface area (Å²) in [7, 11) is 0. The maximum atomic E-state index is 10.3. The first-order valence-corrected chi connectivity index (χ1v) is 6.09. The van der Waals surface area contributed by atoms with Crippen LogP contribution in [0.25, 0.3) is 0 Å². The van der Waals surface area contributed by atoms with Crippen molar-refractivity contribution >= 4 is 36.1 Å². The Morgan fingerprint density at radius 1 is 0.737 bits per heavy atom. The second-order valence-corrected chi connectivity index (χ2v) is 4.37. The molecule has 0 fully saturated rings. The van der Waals surface area contributed by atoms with E-state index in [0.29, 0.717) is 12.8 Å². The fraction of sp³-hybridized carbons (Fsp3) is 0.600. The Balaban J connectivity index is 4.53. The molecule has 0 radical (unpaired) electrons. The smallest absolute Gasteiger partial charge is 0.211 e. The third kappa shape index (κ3) is 9.56. The second kappa shape index (κ2) is 12.3. The number of aliphatic imine (C=N–C) groups is 4. The zero-order valence-electron chi connectivity index (χ0n) is 9.81. The summed E-state index contributed by atoms with van der Waals surface area (Å²) >= 11 is 1.10. The molecule has 19 heavy (non-hydrogen) atoms. The van der Waals surface area contributed by atoms with Gasteiger partial charge in [0.1, 0.15) is 10.7 Å². The number of hydrogen-bond acceptors (Lipinski definition) is 9. The largest absolute Gasteiger partial charge is 0.236 e. The Kier molecular flexibility index (Phi) is 10.9. The molecule has 0 bridgehead atoms. The van der Waals surface area contributed by atoms with Crippen molar-refractivity contribution in [3.05, 3.63) is 0 Å². The second-order valence-electron chi connectivity index (χ2n) is 3.01. The summed E-state index contributed by atoms with van der Waals surface area (Å²) in [4.78, 5) is 54.1. The van der Waals surface area contributed by atoms with Gasteiger partial charge in [0.25, 0.3) is 0 Å². The van der Waals surface area contributed by atoms with Crippen molar-refractivity contribution in [3.8, 4) is 0 Å². The molecule has 0 saturated heterocycles. The SMILES string of the molecule is O=C=NCCC(N=C=O)SC(CCN=C=O)N=C=O. The van der Waals surface area contributed by atoms with E-state index < -0.39 is 10.7 Å². The van der Waals surface area contributed by atoms with E-state index in [1.807, 2.05) is 0 Å². The van der Waals surface area contributed by atoms with Crippen LogP contribution in [0.3, 0.4) is 0 Å². The first-order chi connectivity index (χ1) is 9.28. The molecule has 0 aromatic carbocycles. The molecule has 0 aliphatic rings. The maximum absolute atomic E-state index is 10.3. The van der Waals surface area contributed by atoms with Gasteiger partial charge < -0.3 is 0 Å². The molecule has 0 aromatic rings. The van der Waals surface area contributed by atoms with E-state index in [1.54, 1.807) is 0 Å². The van der Waals surface area contributed by atoms with E-state index in [0.717, 1.165) is 11.8 Å². The third-order valence-electron chi connectivity index (χ3n) is 1.81. The lowest BCUT2D eigenvalue weighted by atomic mass is 10.4. The van der Waals surface area contributed by atoms with Crippen LogP contribution in [-0.4, -0.2) is 48.2 Å². The average molecular weight is 282 g/mol. The Hall–Kier alpha value is -2.13. The molecule has 0 aliphatic carbocycles. The van der Waals surface area contributed by atoms with E-state index in [2.05, 4.69) is 20.0 Å². The summed E-state index contributed by atoms with van der Waals surface area (Å²) < 4.78 is 0. The quantitative estimate of drug-likeness (QED) is 0.427. The van der Waals surface area contributed by atoms with Crippen LogP contribution < -0.4 is 0 Å². The van der Waals surface area contributed by atoms with Crippen molar-refractivity contribution in [3.63, 3.8) is 0 Å². The summed E-state index contributed by atoms with van der Waals surface area (Å²) in [5, 5.41) is -1.09. The van der Waals surface area contributed by atoms with Gasteiger partial charge in [0.2, 0.25) is 24.3 Å². The average Bonchev–Trinajstić information content (AvgIpc) is 2.39. The predicted molar refractivity (Wildman–Crippen MR) is 66.6 cm³/mol. The van der Waals surface area contributed by atoms with Crippen molar-refractivity contribution in [2.45, 2.75) is 23.6 Å². The molecular weight excluding hydrogens is 272 g/mol. The van der Waals surface area contributed by atoms with Crippen molar-refractivity contribution in [1.82, 2.24) is 0 Å². The third-order valence-corrected chi connectivity index (χ3v) is 3.12. The van der Waals surface area contributed by atoms with Crippen molar-refractivity contribution < 1.29 is 19.2 Å². The van der Waals surface area contributed by atoms with Gasteiger partial charge >= 0.3 is 0 Å². The molecule has 9 heteroatoms. The number of isocyanates is 4. The van der Waals surface area contributed by atoms with Crippen LogP contribution in [0.5, 0.6) is 0 Å². The van der Waals surface area contributed by atoms with Gasteiger partial charge in [-0.05, 0) is 0 Å². The van der Waals surface area contributed by atoms with Crippen LogP contribution >= 0.6 is 11.8 Å². The van der Waals surface area contributed by atoms with E-state index in [-0.39, 0.29) is 13.1 Å². The van der Waals surface area contributed by atoms with E-state index in [4.69, 9.17) is 0 Å². The van der Waals surface area contributed by atoms with Gasteiger partial charge in [-0.25, -0.2) is 29.2 Å². The molecule has 0 N–H and O–H groups in total. The first kappa shape index (κ1) is 16.9. The predicted octanol–water partition coefficient (Wildman–Crippen LogP) is 0.495. The van der Waals surface area contributed by atoms with Gasteiger partial charge in [-0.2, -0.15) is 9.98 Å². The van der Waals surface area contributed by atoms with Crippen LogP contribution in [0.15, 0.2) is 20.0 Å². The number of carbonyl (C=O) groups excluding carboxylic acids is 4. The molecule has 0 amide bonds. The highest BCUT2D eigenvalue weighted by atomic mass is 32.2. The van der Waals surface area contributed by atoms with Crippen LogP contribution in [0, 0.1) is 0 Å². The molecule has 2 atom stereocenters. The number of nitrogens with zero attached hydrogens (tertiary/aromatic N) is 4. The van der Waals surface area contributed by atoms with Crippen LogP contribution in [0.2, 0.25) is 0 Å². The lowest BCUT2D eigenvalue weighted by Crippen LogP contribution is -2.10. The minimum atomic E-state index is -0.545. The van der Waals surface area contributed by atoms with Crippen molar-refractivity contribution in [2.75, 3.05) is 13.1 Å². The highest BCUT2D eigenvalue weighted by molar-refractivity contribution is 8.00. The van der Waals surface area contributed by atoms with E-state index in [1.165, 1.54) is 24.3 Å². The normalized spacial score (nSPS) is 11.8. The lowest BCUT2D eigenvalue weighted by Gasteiger charge is -2.13. The van der Waals surface area contributed by atoms with E-state index >= 15 is 0 Å². The summed E-state index contributed by atoms with van der Waals surface area (Å²) in [6.07, 6.45) is 6.13. The number of thioether (sulfide) groups is 1. The van der Waals surface area contributed by atoms with Crippen LogP contribution in [0.1, 0.15) is 12.8 Å². The molecule has 0 spiro atoms. The molecular formula is C10H10N4O4S. The van der Waals surface area contributed by atoms with Crippen LogP contribution in [-0.2, 0) is 19.2 Å². The number of rotatable bonds is 10. The highest BCUT2D eigenvalue weighted by Crippen LogP contribution is 2.24. The minimum Gasteiger partial charge on any atom is -0.211 e. The molecule has 8 nitrogen and oxygen atoms in total. The van der Waals surface area contributed by atoms with Gasteiger partial charge in [-0.15, -0.1) is 11.8 Å².